The molecule has 0 aliphatic carbocycles. The molecule has 0 fully saturated rings. The van der Waals surface area contributed by atoms with Crippen molar-refractivity contribution >= 4 is 44.8 Å². The summed E-state index contributed by atoms with van der Waals surface area (Å²) in [5.74, 6) is -0.703. The van der Waals surface area contributed by atoms with Crippen molar-refractivity contribution in [3.8, 4) is 0 Å². The zero-order chi connectivity index (χ0) is 18.8. The standard InChI is InChI=1S/C18H20N4O3S/c1-4-25-18(24)16-10(2)11(3)26-17(16)21-15(23)9-22-14-7-13(19)6-5-12(14)8-20-22/h5-8H,4,9,19H2,1-3H3,(H,21,23). The van der Waals surface area contributed by atoms with Crippen LogP contribution in [0.3, 0.4) is 0 Å². The molecule has 26 heavy (non-hydrogen) atoms. The summed E-state index contributed by atoms with van der Waals surface area (Å²) in [6, 6.07) is 5.42. The van der Waals surface area contributed by atoms with Crippen molar-refractivity contribution in [3.05, 3.63) is 40.4 Å². The zero-order valence-corrected chi connectivity index (χ0v) is 15.6. The molecule has 2 heterocycles. The van der Waals surface area contributed by atoms with Crippen molar-refractivity contribution in [2.45, 2.75) is 27.3 Å². The van der Waals surface area contributed by atoms with E-state index in [9.17, 15) is 9.59 Å². The van der Waals surface area contributed by atoms with E-state index in [0.29, 0.717) is 16.3 Å². The lowest BCUT2D eigenvalue weighted by molar-refractivity contribution is -0.116. The third-order valence-corrected chi connectivity index (χ3v) is 5.20. The minimum atomic E-state index is -0.429. The van der Waals surface area contributed by atoms with Crippen LogP contribution in [0.4, 0.5) is 10.7 Å². The monoisotopic (exact) mass is 372 g/mol. The number of rotatable bonds is 5. The minimum Gasteiger partial charge on any atom is -0.462 e. The maximum atomic E-state index is 12.5. The Bertz CT molecular complexity index is 990. The SMILES string of the molecule is CCOC(=O)c1c(NC(=O)Cn2ncc3ccc(N)cc32)sc(C)c1C. The second-order valence-electron chi connectivity index (χ2n) is 5.88. The molecule has 0 saturated heterocycles. The summed E-state index contributed by atoms with van der Waals surface area (Å²) in [5.41, 5.74) is 8.44. The van der Waals surface area contributed by atoms with E-state index in [4.69, 9.17) is 10.5 Å². The summed E-state index contributed by atoms with van der Waals surface area (Å²) in [6.07, 6.45) is 1.69. The first-order valence-electron chi connectivity index (χ1n) is 8.18. The molecule has 1 amide bonds. The van der Waals surface area contributed by atoms with Crippen molar-refractivity contribution in [2.75, 3.05) is 17.7 Å². The van der Waals surface area contributed by atoms with Crippen LogP contribution in [0, 0.1) is 13.8 Å². The molecular weight excluding hydrogens is 352 g/mol. The lowest BCUT2D eigenvalue weighted by atomic mass is 10.1. The number of esters is 1. The average molecular weight is 372 g/mol. The van der Waals surface area contributed by atoms with Gasteiger partial charge in [0.15, 0.2) is 0 Å². The fraction of sp³-hybridized carbons (Fsp3) is 0.278. The molecule has 2 aromatic heterocycles. The van der Waals surface area contributed by atoms with E-state index in [1.807, 2.05) is 19.9 Å². The summed E-state index contributed by atoms with van der Waals surface area (Å²) in [4.78, 5) is 25.7. The minimum absolute atomic E-state index is 0.0191. The van der Waals surface area contributed by atoms with Crippen LogP contribution in [0.2, 0.25) is 0 Å². The molecule has 0 bridgehead atoms. The number of amides is 1. The number of fused-ring (bicyclic) bond motifs is 1. The number of thiophene rings is 1. The molecule has 0 unspecified atom stereocenters. The van der Waals surface area contributed by atoms with Crippen LogP contribution in [0.5, 0.6) is 0 Å². The van der Waals surface area contributed by atoms with Gasteiger partial charge in [-0.05, 0) is 44.5 Å². The Balaban J connectivity index is 1.83. The molecule has 0 aliphatic rings. The van der Waals surface area contributed by atoms with Crippen LogP contribution < -0.4 is 11.1 Å². The third kappa shape index (κ3) is 3.41. The van der Waals surface area contributed by atoms with E-state index in [1.54, 1.807) is 29.9 Å². The van der Waals surface area contributed by atoms with Gasteiger partial charge in [0.05, 0.1) is 23.9 Å². The van der Waals surface area contributed by atoms with Gasteiger partial charge in [-0.2, -0.15) is 5.10 Å². The molecule has 0 atom stereocenters. The first-order chi connectivity index (χ1) is 12.4. The number of hydrogen-bond acceptors (Lipinski definition) is 6. The number of aromatic nitrogens is 2. The quantitative estimate of drug-likeness (QED) is 0.529. The molecule has 3 N–H and O–H groups in total. The Morgan fingerprint density at radius 3 is 2.85 bits per heavy atom. The van der Waals surface area contributed by atoms with Gasteiger partial charge in [-0.15, -0.1) is 11.3 Å². The highest BCUT2D eigenvalue weighted by atomic mass is 32.1. The highest BCUT2D eigenvalue weighted by molar-refractivity contribution is 7.16. The van der Waals surface area contributed by atoms with E-state index >= 15 is 0 Å². The smallest absolute Gasteiger partial charge is 0.341 e. The number of nitrogen functional groups attached to an aromatic ring is 1. The van der Waals surface area contributed by atoms with Crippen LogP contribution in [-0.2, 0) is 16.1 Å². The topological polar surface area (TPSA) is 99.2 Å². The normalized spacial score (nSPS) is 10.9. The van der Waals surface area contributed by atoms with Gasteiger partial charge >= 0.3 is 5.97 Å². The predicted molar refractivity (Wildman–Crippen MR) is 103 cm³/mol. The highest BCUT2D eigenvalue weighted by Gasteiger charge is 2.22. The number of hydrogen-bond donors (Lipinski definition) is 2. The first-order valence-corrected chi connectivity index (χ1v) is 9.00. The van der Waals surface area contributed by atoms with Crippen molar-refractivity contribution in [1.82, 2.24) is 9.78 Å². The first kappa shape index (κ1) is 17.9. The number of ether oxygens (including phenoxy) is 1. The van der Waals surface area contributed by atoms with Gasteiger partial charge in [0.25, 0.3) is 0 Å². The molecule has 3 aromatic rings. The van der Waals surface area contributed by atoms with Crippen LogP contribution in [-0.4, -0.2) is 28.3 Å². The van der Waals surface area contributed by atoms with Crippen molar-refractivity contribution in [1.29, 1.82) is 0 Å². The van der Waals surface area contributed by atoms with Gasteiger partial charge < -0.3 is 15.8 Å². The van der Waals surface area contributed by atoms with Gasteiger partial charge in [-0.3, -0.25) is 9.48 Å². The molecule has 3 rings (SSSR count). The lowest BCUT2D eigenvalue weighted by Gasteiger charge is -2.08. The number of aryl methyl sites for hydroxylation is 1. The number of anilines is 2. The number of benzene rings is 1. The van der Waals surface area contributed by atoms with E-state index in [0.717, 1.165) is 21.3 Å². The Morgan fingerprint density at radius 1 is 1.35 bits per heavy atom. The fourth-order valence-corrected chi connectivity index (χ4v) is 3.74. The highest BCUT2D eigenvalue weighted by Crippen LogP contribution is 2.33. The van der Waals surface area contributed by atoms with Gasteiger partial charge in [-0.1, -0.05) is 0 Å². The second kappa shape index (κ2) is 7.17. The largest absolute Gasteiger partial charge is 0.462 e. The van der Waals surface area contributed by atoms with Gasteiger partial charge in [0.1, 0.15) is 11.5 Å². The summed E-state index contributed by atoms with van der Waals surface area (Å²) in [5, 5.41) is 8.46. The number of nitrogens with zero attached hydrogens (tertiary/aromatic N) is 2. The van der Waals surface area contributed by atoms with E-state index < -0.39 is 5.97 Å². The van der Waals surface area contributed by atoms with Crippen molar-refractivity contribution in [2.24, 2.45) is 0 Å². The number of nitrogens with one attached hydrogen (secondary N) is 1. The van der Waals surface area contributed by atoms with Gasteiger partial charge in [0.2, 0.25) is 5.91 Å². The van der Waals surface area contributed by atoms with E-state index in [1.165, 1.54) is 11.3 Å². The van der Waals surface area contributed by atoms with Gasteiger partial charge in [-0.25, -0.2) is 4.79 Å². The molecule has 0 spiro atoms. The van der Waals surface area contributed by atoms with Crippen LogP contribution in [0.1, 0.15) is 27.7 Å². The number of nitrogens with two attached hydrogens (primary N) is 1. The van der Waals surface area contributed by atoms with Crippen LogP contribution in [0.25, 0.3) is 10.9 Å². The number of carbonyl (C=O) groups is 2. The molecule has 1 aromatic carbocycles. The second-order valence-corrected chi connectivity index (χ2v) is 7.10. The Hall–Kier alpha value is -2.87. The Kier molecular flexibility index (Phi) is 4.94. The molecule has 136 valence electrons. The predicted octanol–water partition coefficient (Wildman–Crippen LogP) is 3.11. The summed E-state index contributed by atoms with van der Waals surface area (Å²) in [7, 11) is 0. The summed E-state index contributed by atoms with van der Waals surface area (Å²) >= 11 is 1.36. The lowest BCUT2D eigenvalue weighted by Crippen LogP contribution is -2.20. The van der Waals surface area contributed by atoms with Crippen molar-refractivity contribution in [3.63, 3.8) is 0 Å². The summed E-state index contributed by atoms with van der Waals surface area (Å²) < 4.78 is 6.69. The Labute approximate surface area is 154 Å². The third-order valence-electron chi connectivity index (χ3n) is 4.08. The van der Waals surface area contributed by atoms with Crippen LogP contribution >= 0.6 is 11.3 Å². The van der Waals surface area contributed by atoms with E-state index in [2.05, 4.69) is 10.4 Å². The average Bonchev–Trinajstić information content (AvgIpc) is 3.09. The Morgan fingerprint density at radius 2 is 2.12 bits per heavy atom. The molecule has 7 nitrogen and oxygen atoms in total. The molecule has 8 heteroatoms. The van der Waals surface area contributed by atoms with Gasteiger partial charge in [0, 0.05) is 16.0 Å². The molecule has 0 saturated carbocycles. The maximum absolute atomic E-state index is 12.5. The molecule has 0 radical (unpaired) electrons. The molecule has 0 aliphatic heterocycles. The van der Waals surface area contributed by atoms with E-state index in [-0.39, 0.29) is 19.1 Å². The molecular formula is C18H20N4O3S. The zero-order valence-electron chi connectivity index (χ0n) is 14.8. The fourth-order valence-electron chi connectivity index (χ4n) is 2.68. The summed E-state index contributed by atoms with van der Waals surface area (Å²) in [6.45, 7) is 5.80. The number of carbonyl (C=O) groups excluding carboxylic acids is 2. The van der Waals surface area contributed by atoms with Crippen LogP contribution in [0.15, 0.2) is 24.4 Å². The van der Waals surface area contributed by atoms with Crippen molar-refractivity contribution < 1.29 is 14.3 Å². The maximum Gasteiger partial charge on any atom is 0.341 e.